The van der Waals surface area contributed by atoms with Crippen molar-refractivity contribution in [2.45, 2.75) is 45.4 Å². The highest BCUT2D eigenvalue weighted by molar-refractivity contribution is 6.30. The first-order valence-corrected chi connectivity index (χ1v) is 9.92. The van der Waals surface area contributed by atoms with Gasteiger partial charge in [0.1, 0.15) is 0 Å². The number of piperazine rings is 1. The lowest BCUT2D eigenvalue weighted by atomic mass is 10.1. The molecule has 0 unspecified atom stereocenters. The van der Waals surface area contributed by atoms with Crippen LogP contribution in [0.25, 0.3) is 0 Å². The van der Waals surface area contributed by atoms with E-state index in [9.17, 15) is 9.59 Å². The summed E-state index contributed by atoms with van der Waals surface area (Å²) in [6.45, 7) is 5.45. The number of hydrogen-bond acceptors (Lipinski definition) is 4. The standard InChI is InChI=1S/C20H29ClN2O3/c1-2-26-20(25)11-6-4-3-5-10-19(24)23-14-12-22(13-15-23)18-9-7-8-17(21)16-18/h7-9,16H,2-6,10-15H2,1H3. The molecule has 0 N–H and O–H groups in total. The predicted molar refractivity (Wildman–Crippen MR) is 105 cm³/mol. The highest BCUT2D eigenvalue weighted by atomic mass is 35.5. The van der Waals surface area contributed by atoms with Crippen LogP contribution >= 0.6 is 11.6 Å². The number of anilines is 1. The van der Waals surface area contributed by atoms with E-state index in [1.165, 1.54) is 0 Å². The number of amides is 1. The highest BCUT2D eigenvalue weighted by Crippen LogP contribution is 2.21. The zero-order valence-corrected chi connectivity index (χ0v) is 16.3. The molecule has 1 amide bonds. The predicted octanol–water partition coefficient (Wildman–Crippen LogP) is 3.89. The smallest absolute Gasteiger partial charge is 0.305 e. The normalized spacial score (nSPS) is 14.4. The Kier molecular flexibility index (Phi) is 8.75. The van der Waals surface area contributed by atoms with E-state index in [1.54, 1.807) is 0 Å². The Labute approximate surface area is 161 Å². The molecule has 0 aliphatic carbocycles. The fourth-order valence-electron chi connectivity index (χ4n) is 3.18. The van der Waals surface area contributed by atoms with E-state index < -0.39 is 0 Å². The van der Waals surface area contributed by atoms with Gasteiger partial charge in [-0.15, -0.1) is 0 Å². The molecule has 0 spiro atoms. The maximum absolute atomic E-state index is 12.3. The minimum absolute atomic E-state index is 0.124. The molecule has 0 atom stereocenters. The zero-order valence-electron chi connectivity index (χ0n) is 15.6. The van der Waals surface area contributed by atoms with Crippen molar-refractivity contribution in [2.24, 2.45) is 0 Å². The zero-order chi connectivity index (χ0) is 18.8. The van der Waals surface area contributed by atoms with Gasteiger partial charge in [-0.2, -0.15) is 0 Å². The minimum atomic E-state index is -0.124. The van der Waals surface area contributed by atoms with Gasteiger partial charge in [-0.1, -0.05) is 30.5 Å². The molecule has 1 aliphatic rings. The van der Waals surface area contributed by atoms with E-state index in [0.717, 1.165) is 62.6 Å². The molecule has 0 aromatic heterocycles. The van der Waals surface area contributed by atoms with Crippen LogP contribution in [0.2, 0.25) is 5.02 Å². The van der Waals surface area contributed by atoms with Gasteiger partial charge >= 0.3 is 5.97 Å². The Morgan fingerprint density at radius 1 is 1.04 bits per heavy atom. The Hall–Kier alpha value is -1.75. The molecule has 0 bridgehead atoms. The van der Waals surface area contributed by atoms with Crippen molar-refractivity contribution < 1.29 is 14.3 Å². The summed E-state index contributed by atoms with van der Waals surface area (Å²) in [4.78, 5) is 27.8. The third-order valence-corrected chi connectivity index (χ3v) is 4.87. The van der Waals surface area contributed by atoms with Gasteiger partial charge in [0, 0.05) is 49.7 Å². The monoisotopic (exact) mass is 380 g/mol. The number of hydrogen-bond donors (Lipinski definition) is 0. The van der Waals surface area contributed by atoms with Crippen LogP contribution in [0.15, 0.2) is 24.3 Å². The summed E-state index contributed by atoms with van der Waals surface area (Å²) in [6.07, 6.45) is 4.74. The molecule has 144 valence electrons. The van der Waals surface area contributed by atoms with Crippen LogP contribution in [0.4, 0.5) is 5.69 Å². The first kappa shape index (κ1) is 20.6. The number of carbonyl (C=O) groups is 2. The maximum Gasteiger partial charge on any atom is 0.305 e. The van der Waals surface area contributed by atoms with Gasteiger partial charge in [0.05, 0.1) is 6.61 Å². The fourth-order valence-corrected chi connectivity index (χ4v) is 3.36. The topological polar surface area (TPSA) is 49.9 Å². The molecule has 1 heterocycles. The number of carbonyl (C=O) groups excluding carboxylic acids is 2. The van der Waals surface area contributed by atoms with Gasteiger partial charge in [0.2, 0.25) is 5.91 Å². The molecule has 1 saturated heterocycles. The van der Waals surface area contributed by atoms with Crippen LogP contribution < -0.4 is 4.90 Å². The first-order valence-electron chi connectivity index (χ1n) is 9.54. The second kappa shape index (κ2) is 11.1. The van der Waals surface area contributed by atoms with Crippen molar-refractivity contribution >= 4 is 29.2 Å². The van der Waals surface area contributed by atoms with Crippen molar-refractivity contribution in [1.29, 1.82) is 0 Å². The molecule has 1 aliphatic heterocycles. The minimum Gasteiger partial charge on any atom is -0.466 e. The molecule has 1 aromatic rings. The van der Waals surface area contributed by atoms with Gasteiger partial charge in [0.15, 0.2) is 0 Å². The van der Waals surface area contributed by atoms with Crippen molar-refractivity contribution in [1.82, 2.24) is 4.90 Å². The summed E-state index contributed by atoms with van der Waals surface area (Å²) < 4.78 is 4.90. The number of ether oxygens (including phenoxy) is 1. The Morgan fingerprint density at radius 2 is 1.73 bits per heavy atom. The van der Waals surface area contributed by atoms with Crippen molar-refractivity contribution in [3.8, 4) is 0 Å². The SMILES string of the molecule is CCOC(=O)CCCCCCC(=O)N1CCN(c2cccc(Cl)c2)CC1. The maximum atomic E-state index is 12.3. The van der Waals surface area contributed by atoms with Crippen molar-refractivity contribution in [3.63, 3.8) is 0 Å². The van der Waals surface area contributed by atoms with E-state index in [-0.39, 0.29) is 11.9 Å². The molecule has 2 rings (SSSR count). The molecule has 0 saturated carbocycles. The largest absolute Gasteiger partial charge is 0.466 e. The van der Waals surface area contributed by atoms with Gasteiger partial charge in [-0.05, 0) is 38.0 Å². The second-order valence-electron chi connectivity index (χ2n) is 6.57. The number of rotatable bonds is 9. The van der Waals surface area contributed by atoms with Gasteiger partial charge in [-0.25, -0.2) is 0 Å². The average molecular weight is 381 g/mol. The summed E-state index contributed by atoms with van der Waals surface area (Å²) in [7, 11) is 0. The molecule has 1 aromatic carbocycles. The van der Waals surface area contributed by atoms with E-state index in [1.807, 2.05) is 30.0 Å². The molecule has 5 nitrogen and oxygen atoms in total. The van der Waals surface area contributed by atoms with Crippen molar-refractivity contribution in [3.05, 3.63) is 29.3 Å². The van der Waals surface area contributed by atoms with Crippen LogP contribution in [0.5, 0.6) is 0 Å². The Bertz CT molecular complexity index is 586. The third kappa shape index (κ3) is 6.87. The summed E-state index contributed by atoms with van der Waals surface area (Å²) in [6, 6.07) is 7.85. The number of halogens is 1. The summed E-state index contributed by atoms with van der Waals surface area (Å²) in [5, 5.41) is 0.740. The van der Waals surface area contributed by atoms with Crippen LogP contribution in [0, 0.1) is 0 Å². The summed E-state index contributed by atoms with van der Waals surface area (Å²) >= 11 is 6.05. The molecular weight excluding hydrogens is 352 g/mol. The summed E-state index contributed by atoms with van der Waals surface area (Å²) in [5.41, 5.74) is 1.12. The summed E-state index contributed by atoms with van der Waals surface area (Å²) in [5.74, 6) is 0.113. The molecular formula is C20H29ClN2O3. The van der Waals surface area contributed by atoms with Crippen LogP contribution in [-0.4, -0.2) is 49.6 Å². The van der Waals surface area contributed by atoms with Gasteiger partial charge < -0.3 is 14.5 Å². The second-order valence-corrected chi connectivity index (χ2v) is 7.00. The number of nitrogens with zero attached hydrogens (tertiary/aromatic N) is 2. The van der Waals surface area contributed by atoms with E-state index >= 15 is 0 Å². The van der Waals surface area contributed by atoms with E-state index in [4.69, 9.17) is 16.3 Å². The molecule has 0 radical (unpaired) electrons. The molecule has 6 heteroatoms. The lowest BCUT2D eigenvalue weighted by Gasteiger charge is -2.36. The van der Waals surface area contributed by atoms with E-state index in [2.05, 4.69) is 11.0 Å². The van der Waals surface area contributed by atoms with Gasteiger partial charge in [0.25, 0.3) is 0 Å². The van der Waals surface area contributed by atoms with Crippen LogP contribution in [0.3, 0.4) is 0 Å². The number of benzene rings is 1. The lowest BCUT2D eigenvalue weighted by molar-refractivity contribution is -0.143. The van der Waals surface area contributed by atoms with Crippen LogP contribution in [-0.2, 0) is 14.3 Å². The van der Waals surface area contributed by atoms with Gasteiger partial charge in [-0.3, -0.25) is 9.59 Å². The third-order valence-electron chi connectivity index (χ3n) is 4.63. The Balaban J connectivity index is 1.59. The molecule has 26 heavy (non-hydrogen) atoms. The highest BCUT2D eigenvalue weighted by Gasteiger charge is 2.20. The first-order chi connectivity index (χ1) is 12.6. The Morgan fingerprint density at radius 3 is 2.38 bits per heavy atom. The lowest BCUT2D eigenvalue weighted by Crippen LogP contribution is -2.48. The molecule has 1 fully saturated rings. The average Bonchev–Trinajstić information content (AvgIpc) is 2.64. The fraction of sp³-hybridized carbons (Fsp3) is 0.600. The number of unbranched alkanes of at least 4 members (excludes halogenated alkanes) is 3. The number of esters is 1. The van der Waals surface area contributed by atoms with Crippen LogP contribution in [0.1, 0.15) is 45.4 Å². The quantitative estimate of drug-likeness (QED) is 0.481. The van der Waals surface area contributed by atoms with E-state index in [0.29, 0.717) is 19.4 Å². The van der Waals surface area contributed by atoms with Crippen molar-refractivity contribution in [2.75, 3.05) is 37.7 Å².